The van der Waals surface area contributed by atoms with Gasteiger partial charge in [-0.05, 0) is 43.6 Å². The second-order valence-corrected chi connectivity index (χ2v) is 4.14. The molecule has 1 aromatic rings. The molecule has 0 spiro atoms. The first-order valence-corrected chi connectivity index (χ1v) is 6.06. The van der Waals surface area contributed by atoms with E-state index in [1.807, 2.05) is 18.2 Å². The van der Waals surface area contributed by atoms with E-state index in [1.165, 1.54) is 5.56 Å². The summed E-state index contributed by atoms with van der Waals surface area (Å²) in [6.45, 7) is 1.78. The number of nitrogens with one attached hydrogen (secondary N) is 1. The number of ether oxygens (including phenoxy) is 1. The van der Waals surface area contributed by atoms with Gasteiger partial charge in [0.25, 0.3) is 0 Å². The van der Waals surface area contributed by atoms with Crippen molar-refractivity contribution in [1.29, 1.82) is 5.26 Å². The van der Waals surface area contributed by atoms with E-state index in [0.717, 1.165) is 25.9 Å². The Bertz CT molecular complexity index is 387. The molecule has 0 heterocycles. The Balaban J connectivity index is 2.28. The second-order valence-electron chi connectivity index (χ2n) is 3.73. The first-order chi connectivity index (χ1) is 8.27. The van der Waals surface area contributed by atoms with Crippen molar-refractivity contribution in [2.45, 2.75) is 19.3 Å². The molecule has 0 radical (unpaired) electrons. The second kappa shape index (κ2) is 7.94. The van der Waals surface area contributed by atoms with Gasteiger partial charge in [-0.15, -0.1) is 0 Å². The fraction of sp³-hybridized carbons (Fsp3) is 0.462. The molecule has 0 saturated carbocycles. The van der Waals surface area contributed by atoms with Crippen LogP contribution < -0.4 is 10.1 Å². The van der Waals surface area contributed by atoms with Gasteiger partial charge in [-0.25, -0.2) is 0 Å². The van der Waals surface area contributed by atoms with Crippen LogP contribution in [0.3, 0.4) is 0 Å². The van der Waals surface area contributed by atoms with E-state index >= 15 is 0 Å². The Hall–Kier alpha value is -1.24. The highest BCUT2D eigenvalue weighted by molar-refractivity contribution is 6.32. The Labute approximate surface area is 107 Å². The van der Waals surface area contributed by atoms with Crippen molar-refractivity contribution < 1.29 is 4.74 Å². The Kier molecular flexibility index (Phi) is 6.46. The number of methoxy groups -OCH3 is 1. The SMILES string of the molecule is COc1ccc(CCNCCCC#N)cc1Cl. The Morgan fingerprint density at radius 2 is 2.24 bits per heavy atom. The van der Waals surface area contributed by atoms with Gasteiger partial charge in [0, 0.05) is 6.42 Å². The number of nitrogens with zero attached hydrogens (tertiary/aromatic N) is 1. The molecule has 0 unspecified atom stereocenters. The summed E-state index contributed by atoms with van der Waals surface area (Å²) in [4.78, 5) is 0. The van der Waals surface area contributed by atoms with Crippen LogP contribution in [-0.4, -0.2) is 20.2 Å². The third-order valence-electron chi connectivity index (χ3n) is 2.45. The molecule has 1 rings (SSSR count). The van der Waals surface area contributed by atoms with E-state index in [1.54, 1.807) is 7.11 Å². The van der Waals surface area contributed by atoms with Crippen molar-refractivity contribution in [2.75, 3.05) is 20.2 Å². The summed E-state index contributed by atoms with van der Waals surface area (Å²) >= 11 is 6.03. The average molecular weight is 253 g/mol. The standard InChI is InChI=1S/C13H17ClN2O/c1-17-13-5-4-11(10-12(13)14)6-9-16-8-3-2-7-15/h4-5,10,16H,2-3,6,8-9H2,1H3. The molecular formula is C13H17ClN2O. The number of nitriles is 1. The van der Waals surface area contributed by atoms with Gasteiger partial charge < -0.3 is 10.1 Å². The minimum atomic E-state index is 0.612. The van der Waals surface area contributed by atoms with Crippen molar-refractivity contribution in [2.24, 2.45) is 0 Å². The third-order valence-corrected chi connectivity index (χ3v) is 2.74. The largest absolute Gasteiger partial charge is 0.495 e. The highest BCUT2D eigenvalue weighted by Gasteiger charge is 2.01. The van der Waals surface area contributed by atoms with E-state index < -0.39 is 0 Å². The first-order valence-electron chi connectivity index (χ1n) is 5.68. The number of halogens is 1. The molecule has 0 atom stereocenters. The zero-order valence-electron chi connectivity index (χ0n) is 10.0. The third kappa shape index (κ3) is 5.08. The zero-order valence-corrected chi connectivity index (χ0v) is 10.8. The topological polar surface area (TPSA) is 45.0 Å². The van der Waals surface area contributed by atoms with Crippen LogP contribution in [0.25, 0.3) is 0 Å². The minimum absolute atomic E-state index is 0.612. The number of rotatable bonds is 7. The molecule has 0 bridgehead atoms. The van der Waals surface area contributed by atoms with E-state index in [2.05, 4.69) is 11.4 Å². The quantitative estimate of drug-likeness (QED) is 0.759. The molecule has 92 valence electrons. The van der Waals surface area contributed by atoms with Crippen LogP contribution in [0.15, 0.2) is 18.2 Å². The highest BCUT2D eigenvalue weighted by Crippen LogP contribution is 2.24. The summed E-state index contributed by atoms with van der Waals surface area (Å²) < 4.78 is 5.09. The van der Waals surface area contributed by atoms with Crippen LogP contribution in [0.2, 0.25) is 5.02 Å². The molecule has 0 fully saturated rings. The molecule has 3 nitrogen and oxygen atoms in total. The van der Waals surface area contributed by atoms with Crippen molar-refractivity contribution in [3.05, 3.63) is 28.8 Å². The summed E-state index contributed by atoms with van der Waals surface area (Å²) in [6.07, 6.45) is 2.44. The predicted octanol–water partition coefficient (Wildman–Crippen LogP) is 2.78. The molecule has 1 aromatic carbocycles. The molecule has 1 N–H and O–H groups in total. The van der Waals surface area contributed by atoms with Gasteiger partial charge in [0.15, 0.2) is 0 Å². The highest BCUT2D eigenvalue weighted by atomic mass is 35.5. The average Bonchev–Trinajstić information content (AvgIpc) is 2.34. The molecule has 0 saturated heterocycles. The van der Waals surface area contributed by atoms with Crippen LogP contribution in [0.1, 0.15) is 18.4 Å². The summed E-state index contributed by atoms with van der Waals surface area (Å²) in [7, 11) is 1.61. The minimum Gasteiger partial charge on any atom is -0.495 e. The van der Waals surface area contributed by atoms with E-state index in [4.69, 9.17) is 21.6 Å². The van der Waals surface area contributed by atoms with Gasteiger partial charge in [0.2, 0.25) is 0 Å². The van der Waals surface area contributed by atoms with Crippen LogP contribution in [-0.2, 0) is 6.42 Å². The molecular weight excluding hydrogens is 236 g/mol. The van der Waals surface area contributed by atoms with Crippen molar-refractivity contribution in [3.63, 3.8) is 0 Å². The molecule has 0 aromatic heterocycles. The molecule has 4 heteroatoms. The van der Waals surface area contributed by atoms with Gasteiger partial charge >= 0.3 is 0 Å². The van der Waals surface area contributed by atoms with Crippen LogP contribution in [0.4, 0.5) is 0 Å². The van der Waals surface area contributed by atoms with E-state index in [-0.39, 0.29) is 0 Å². The van der Waals surface area contributed by atoms with Crippen molar-refractivity contribution in [3.8, 4) is 11.8 Å². The first kappa shape index (κ1) is 13.8. The number of hydrogen-bond acceptors (Lipinski definition) is 3. The van der Waals surface area contributed by atoms with Crippen LogP contribution in [0, 0.1) is 11.3 Å². The predicted molar refractivity (Wildman–Crippen MR) is 69.4 cm³/mol. The monoisotopic (exact) mass is 252 g/mol. The van der Waals surface area contributed by atoms with E-state index in [0.29, 0.717) is 17.2 Å². The number of unbranched alkanes of at least 4 members (excludes halogenated alkanes) is 1. The summed E-state index contributed by atoms with van der Waals surface area (Å²) in [5, 5.41) is 12.3. The van der Waals surface area contributed by atoms with Crippen molar-refractivity contribution >= 4 is 11.6 Å². The Morgan fingerprint density at radius 3 is 2.88 bits per heavy atom. The lowest BCUT2D eigenvalue weighted by molar-refractivity contribution is 0.415. The fourth-order valence-electron chi connectivity index (χ4n) is 1.52. The maximum absolute atomic E-state index is 8.38. The number of benzene rings is 1. The Morgan fingerprint density at radius 1 is 1.41 bits per heavy atom. The molecule has 17 heavy (non-hydrogen) atoms. The summed E-state index contributed by atoms with van der Waals surface area (Å²) in [5.41, 5.74) is 1.18. The van der Waals surface area contributed by atoms with Gasteiger partial charge in [-0.1, -0.05) is 17.7 Å². The van der Waals surface area contributed by atoms with Crippen LogP contribution >= 0.6 is 11.6 Å². The zero-order chi connectivity index (χ0) is 12.5. The summed E-state index contributed by atoms with van der Waals surface area (Å²) in [6, 6.07) is 7.95. The fourth-order valence-corrected chi connectivity index (χ4v) is 1.80. The molecule has 0 aliphatic carbocycles. The lowest BCUT2D eigenvalue weighted by Crippen LogP contribution is -2.18. The molecule has 0 aliphatic rings. The van der Waals surface area contributed by atoms with Gasteiger partial charge in [0.1, 0.15) is 5.75 Å². The van der Waals surface area contributed by atoms with E-state index in [9.17, 15) is 0 Å². The molecule has 0 aliphatic heterocycles. The van der Waals surface area contributed by atoms with Crippen LogP contribution in [0.5, 0.6) is 5.75 Å². The normalized spacial score (nSPS) is 9.94. The number of hydrogen-bond donors (Lipinski definition) is 1. The van der Waals surface area contributed by atoms with Gasteiger partial charge in [-0.2, -0.15) is 5.26 Å². The summed E-state index contributed by atoms with van der Waals surface area (Å²) in [5.74, 6) is 0.706. The lowest BCUT2D eigenvalue weighted by atomic mass is 10.1. The van der Waals surface area contributed by atoms with Crippen molar-refractivity contribution in [1.82, 2.24) is 5.32 Å². The smallest absolute Gasteiger partial charge is 0.137 e. The van der Waals surface area contributed by atoms with Gasteiger partial charge in [-0.3, -0.25) is 0 Å². The maximum Gasteiger partial charge on any atom is 0.137 e. The van der Waals surface area contributed by atoms with Gasteiger partial charge in [0.05, 0.1) is 18.2 Å². The maximum atomic E-state index is 8.38. The lowest BCUT2D eigenvalue weighted by Gasteiger charge is -2.07. The molecule has 0 amide bonds.